The number of rotatable bonds is 7. The minimum atomic E-state index is -0.392. The van der Waals surface area contributed by atoms with Crippen LogP contribution in [0.25, 0.3) is 0 Å². The summed E-state index contributed by atoms with van der Waals surface area (Å²) in [4.78, 5) is 12.0. The second kappa shape index (κ2) is 8.17. The van der Waals surface area contributed by atoms with Crippen LogP contribution in [-0.4, -0.2) is 25.6 Å². The summed E-state index contributed by atoms with van der Waals surface area (Å²) >= 11 is 0. The van der Waals surface area contributed by atoms with Crippen molar-refractivity contribution in [3.05, 3.63) is 59.9 Å². The van der Waals surface area contributed by atoms with Crippen LogP contribution in [0.5, 0.6) is 5.75 Å². The van der Waals surface area contributed by atoms with Gasteiger partial charge in [-0.1, -0.05) is 12.1 Å². The zero-order valence-corrected chi connectivity index (χ0v) is 13.3. The third-order valence-corrected chi connectivity index (χ3v) is 3.49. The number of hydrogen-bond acceptors (Lipinski definition) is 3. The van der Waals surface area contributed by atoms with Crippen LogP contribution in [0.15, 0.2) is 48.5 Å². The van der Waals surface area contributed by atoms with Crippen molar-refractivity contribution in [1.29, 1.82) is 0 Å². The summed E-state index contributed by atoms with van der Waals surface area (Å²) in [5.41, 5.74) is 1.84. The zero-order valence-electron chi connectivity index (χ0n) is 13.3. The first-order valence-electron chi connectivity index (χ1n) is 7.51. The lowest BCUT2D eigenvalue weighted by Crippen LogP contribution is -2.38. The number of hydrogen-bond donors (Lipinski definition) is 2. The highest BCUT2D eigenvalue weighted by molar-refractivity contribution is 5.84. The van der Waals surface area contributed by atoms with Gasteiger partial charge >= 0.3 is 0 Å². The van der Waals surface area contributed by atoms with E-state index in [4.69, 9.17) is 4.74 Å². The van der Waals surface area contributed by atoms with Crippen LogP contribution < -0.4 is 15.4 Å². The summed E-state index contributed by atoms with van der Waals surface area (Å²) in [6.45, 7) is 2.33. The maximum atomic E-state index is 12.8. The Bertz CT molecular complexity index is 626. The number of anilines is 1. The Morgan fingerprint density at radius 2 is 1.78 bits per heavy atom. The molecule has 1 unspecified atom stereocenters. The van der Waals surface area contributed by atoms with Crippen LogP contribution in [0.1, 0.15) is 12.5 Å². The summed E-state index contributed by atoms with van der Waals surface area (Å²) in [7, 11) is 1.63. The van der Waals surface area contributed by atoms with Crippen LogP contribution >= 0.6 is 0 Å². The van der Waals surface area contributed by atoms with Gasteiger partial charge in [-0.05, 0) is 55.3 Å². The Hall–Kier alpha value is -2.56. The molecule has 0 radical (unpaired) electrons. The maximum Gasteiger partial charge on any atom is 0.242 e. The summed E-state index contributed by atoms with van der Waals surface area (Å²) < 4.78 is 17.9. The van der Waals surface area contributed by atoms with E-state index in [9.17, 15) is 9.18 Å². The van der Waals surface area contributed by atoms with E-state index in [1.807, 2.05) is 24.3 Å². The monoisotopic (exact) mass is 316 g/mol. The first kappa shape index (κ1) is 16.8. The first-order valence-corrected chi connectivity index (χ1v) is 7.51. The third-order valence-electron chi connectivity index (χ3n) is 3.49. The summed E-state index contributed by atoms with van der Waals surface area (Å²) in [6, 6.07) is 13.3. The number of methoxy groups -OCH3 is 1. The predicted molar refractivity (Wildman–Crippen MR) is 89.2 cm³/mol. The Morgan fingerprint density at radius 1 is 1.13 bits per heavy atom. The van der Waals surface area contributed by atoms with Gasteiger partial charge in [-0.2, -0.15) is 0 Å². The largest absolute Gasteiger partial charge is 0.497 e. The molecular weight excluding hydrogens is 295 g/mol. The Morgan fingerprint density at radius 3 is 2.39 bits per heavy atom. The lowest BCUT2D eigenvalue weighted by atomic mass is 10.1. The molecule has 0 heterocycles. The second-order valence-corrected chi connectivity index (χ2v) is 5.26. The average molecular weight is 316 g/mol. The van der Waals surface area contributed by atoms with Crippen molar-refractivity contribution in [2.75, 3.05) is 19.0 Å². The Balaban J connectivity index is 1.75. The third kappa shape index (κ3) is 5.29. The molecule has 0 fully saturated rings. The van der Waals surface area contributed by atoms with E-state index in [0.29, 0.717) is 12.2 Å². The number of nitrogens with one attached hydrogen (secondary N) is 2. The SMILES string of the molecule is COc1ccc(CCNC(=O)C(C)Nc2ccc(F)cc2)cc1. The number of benzene rings is 2. The minimum Gasteiger partial charge on any atom is -0.497 e. The normalized spacial score (nSPS) is 11.6. The van der Waals surface area contributed by atoms with Crippen molar-refractivity contribution < 1.29 is 13.9 Å². The molecule has 2 N–H and O–H groups in total. The lowest BCUT2D eigenvalue weighted by molar-refractivity contribution is -0.121. The first-order chi connectivity index (χ1) is 11.1. The van der Waals surface area contributed by atoms with Crippen molar-refractivity contribution >= 4 is 11.6 Å². The van der Waals surface area contributed by atoms with E-state index < -0.39 is 6.04 Å². The molecule has 2 rings (SSSR count). The van der Waals surface area contributed by atoms with E-state index in [2.05, 4.69) is 10.6 Å². The highest BCUT2D eigenvalue weighted by Gasteiger charge is 2.11. The maximum absolute atomic E-state index is 12.8. The van der Waals surface area contributed by atoms with Gasteiger partial charge < -0.3 is 15.4 Å². The van der Waals surface area contributed by atoms with Crippen molar-refractivity contribution in [2.24, 2.45) is 0 Å². The minimum absolute atomic E-state index is 0.0946. The molecule has 4 nitrogen and oxygen atoms in total. The van der Waals surface area contributed by atoms with E-state index >= 15 is 0 Å². The molecule has 0 aliphatic rings. The van der Waals surface area contributed by atoms with Crippen molar-refractivity contribution in [3.63, 3.8) is 0 Å². The highest BCUT2D eigenvalue weighted by Crippen LogP contribution is 2.12. The molecule has 2 aromatic carbocycles. The van der Waals surface area contributed by atoms with Gasteiger partial charge in [0.05, 0.1) is 7.11 Å². The molecule has 23 heavy (non-hydrogen) atoms. The van der Waals surface area contributed by atoms with Gasteiger partial charge in [0.15, 0.2) is 0 Å². The van der Waals surface area contributed by atoms with Gasteiger partial charge in [-0.25, -0.2) is 4.39 Å². The lowest BCUT2D eigenvalue weighted by Gasteiger charge is -2.15. The van der Waals surface area contributed by atoms with E-state index in [1.165, 1.54) is 12.1 Å². The second-order valence-electron chi connectivity index (χ2n) is 5.26. The van der Waals surface area contributed by atoms with Crippen molar-refractivity contribution in [3.8, 4) is 5.75 Å². The molecule has 2 aromatic rings. The topological polar surface area (TPSA) is 50.4 Å². The smallest absolute Gasteiger partial charge is 0.242 e. The van der Waals surface area contributed by atoms with Gasteiger partial charge in [-0.15, -0.1) is 0 Å². The van der Waals surface area contributed by atoms with Crippen LogP contribution in [0.4, 0.5) is 10.1 Å². The molecule has 122 valence electrons. The average Bonchev–Trinajstić information content (AvgIpc) is 2.57. The number of carbonyl (C=O) groups excluding carboxylic acids is 1. The van der Waals surface area contributed by atoms with E-state index in [-0.39, 0.29) is 11.7 Å². The van der Waals surface area contributed by atoms with Crippen LogP contribution in [0.3, 0.4) is 0 Å². The fourth-order valence-corrected chi connectivity index (χ4v) is 2.14. The van der Waals surface area contributed by atoms with Crippen LogP contribution in [0.2, 0.25) is 0 Å². The van der Waals surface area contributed by atoms with Gasteiger partial charge in [0.2, 0.25) is 5.91 Å². The highest BCUT2D eigenvalue weighted by atomic mass is 19.1. The molecule has 0 saturated carbocycles. The molecule has 0 bridgehead atoms. The Kier molecular flexibility index (Phi) is 5.97. The fourth-order valence-electron chi connectivity index (χ4n) is 2.14. The van der Waals surface area contributed by atoms with Gasteiger partial charge in [0.25, 0.3) is 0 Å². The quantitative estimate of drug-likeness (QED) is 0.825. The fraction of sp³-hybridized carbons (Fsp3) is 0.278. The van der Waals surface area contributed by atoms with Gasteiger partial charge in [0.1, 0.15) is 17.6 Å². The summed E-state index contributed by atoms with van der Waals surface area (Å²) in [6.07, 6.45) is 0.749. The van der Waals surface area contributed by atoms with Crippen LogP contribution in [0, 0.1) is 5.82 Å². The molecule has 1 amide bonds. The van der Waals surface area contributed by atoms with Gasteiger partial charge in [0, 0.05) is 12.2 Å². The Labute approximate surface area is 135 Å². The standard InChI is InChI=1S/C18H21FN2O2/c1-13(21-16-7-5-15(19)6-8-16)18(22)20-12-11-14-3-9-17(23-2)10-4-14/h3-10,13,21H,11-12H2,1-2H3,(H,20,22). The zero-order chi connectivity index (χ0) is 16.7. The molecule has 1 atom stereocenters. The van der Waals surface area contributed by atoms with Gasteiger partial charge in [-0.3, -0.25) is 4.79 Å². The molecule has 0 saturated heterocycles. The molecule has 0 spiro atoms. The van der Waals surface area contributed by atoms with Crippen molar-refractivity contribution in [1.82, 2.24) is 5.32 Å². The molecule has 0 aliphatic heterocycles. The summed E-state index contributed by atoms with van der Waals surface area (Å²) in [5, 5.41) is 5.92. The molecule has 0 aromatic heterocycles. The number of carbonyl (C=O) groups is 1. The number of amides is 1. The number of ether oxygens (including phenoxy) is 1. The van der Waals surface area contributed by atoms with Crippen LogP contribution in [-0.2, 0) is 11.2 Å². The van der Waals surface area contributed by atoms with E-state index in [1.54, 1.807) is 26.2 Å². The number of halogens is 1. The predicted octanol–water partition coefficient (Wildman–Crippen LogP) is 2.99. The molecule has 0 aliphatic carbocycles. The van der Waals surface area contributed by atoms with Crippen molar-refractivity contribution in [2.45, 2.75) is 19.4 Å². The van der Waals surface area contributed by atoms with E-state index in [0.717, 1.165) is 17.7 Å². The summed E-state index contributed by atoms with van der Waals surface area (Å²) in [5.74, 6) is 0.421. The molecular formula is C18H21FN2O2. The molecule has 5 heteroatoms.